The second-order valence-electron chi connectivity index (χ2n) is 5.26. The molecule has 0 saturated heterocycles. The van der Waals surface area contributed by atoms with Gasteiger partial charge in [-0.3, -0.25) is 14.9 Å². The summed E-state index contributed by atoms with van der Waals surface area (Å²) in [6.45, 7) is 2.04. The molecule has 1 atom stereocenters. The lowest BCUT2D eigenvalue weighted by Gasteiger charge is -2.18. The maximum Gasteiger partial charge on any atom is 0.292 e. The van der Waals surface area contributed by atoms with Crippen LogP contribution in [0, 0.1) is 10.1 Å². The van der Waals surface area contributed by atoms with E-state index in [1.54, 1.807) is 0 Å². The van der Waals surface area contributed by atoms with Gasteiger partial charge in [0, 0.05) is 11.6 Å². The third kappa shape index (κ3) is 4.06. The largest absolute Gasteiger partial charge is 0.393 e. The molecule has 0 radical (unpaired) electrons. The molecule has 2 aromatic rings. The molecular weight excluding hydrogens is 294 g/mol. The number of hydrogen-bond donors (Lipinski definition) is 2. The summed E-state index contributed by atoms with van der Waals surface area (Å²) >= 11 is 0. The van der Waals surface area contributed by atoms with Crippen molar-refractivity contribution in [1.29, 1.82) is 0 Å². The fourth-order valence-electron chi connectivity index (χ4n) is 2.38. The van der Waals surface area contributed by atoms with Gasteiger partial charge in [0.15, 0.2) is 0 Å². The number of hydrogen-bond acceptors (Lipinski definition) is 4. The standard InChI is InChI=1S/C17H19N3O3/c1-2-6-15(12-7-4-3-5-8-12)19-17(21)13-9-10-14(18)16(11-13)20(22)23/h3-5,7-11,15H,2,6,18H2,1H3,(H,19,21)/t15-/m0/s1. The van der Waals surface area contributed by atoms with E-state index in [2.05, 4.69) is 5.32 Å². The SMILES string of the molecule is CCC[C@H](NC(=O)c1ccc(N)c([N+](=O)[O-])c1)c1ccccc1. The quantitative estimate of drug-likeness (QED) is 0.485. The molecule has 0 aliphatic rings. The maximum atomic E-state index is 12.4. The smallest absolute Gasteiger partial charge is 0.292 e. The number of nitro groups is 1. The molecule has 0 spiro atoms. The summed E-state index contributed by atoms with van der Waals surface area (Å²) in [5, 5.41) is 13.9. The van der Waals surface area contributed by atoms with Crippen molar-refractivity contribution in [3.63, 3.8) is 0 Å². The Balaban J connectivity index is 2.22. The minimum atomic E-state index is -0.590. The summed E-state index contributed by atoms with van der Waals surface area (Å²) in [6, 6.07) is 13.6. The van der Waals surface area contributed by atoms with Crippen molar-refractivity contribution in [2.45, 2.75) is 25.8 Å². The molecule has 0 aliphatic carbocycles. The zero-order chi connectivity index (χ0) is 16.8. The van der Waals surface area contributed by atoms with Gasteiger partial charge in [-0.1, -0.05) is 43.7 Å². The lowest BCUT2D eigenvalue weighted by atomic mass is 10.0. The van der Waals surface area contributed by atoms with E-state index in [-0.39, 0.29) is 28.9 Å². The number of carbonyl (C=O) groups excluding carboxylic acids is 1. The Bertz CT molecular complexity index is 701. The van der Waals surface area contributed by atoms with Gasteiger partial charge in [0.25, 0.3) is 11.6 Å². The summed E-state index contributed by atoms with van der Waals surface area (Å²) < 4.78 is 0. The molecule has 2 aromatic carbocycles. The van der Waals surface area contributed by atoms with E-state index in [1.165, 1.54) is 18.2 Å². The number of carbonyl (C=O) groups is 1. The van der Waals surface area contributed by atoms with Crippen LogP contribution in [0.2, 0.25) is 0 Å². The van der Waals surface area contributed by atoms with Gasteiger partial charge in [0.1, 0.15) is 5.69 Å². The van der Waals surface area contributed by atoms with Crippen LogP contribution in [0.5, 0.6) is 0 Å². The number of nitro benzene ring substituents is 1. The molecule has 6 nitrogen and oxygen atoms in total. The van der Waals surface area contributed by atoms with Crippen LogP contribution in [0.1, 0.15) is 41.7 Å². The number of anilines is 1. The first-order chi connectivity index (χ1) is 11.0. The molecule has 0 aromatic heterocycles. The Kier molecular flexibility index (Phi) is 5.30. The highest BCUT2D eigenvalue weighted by Crippen LogP contribution is 2.24. The first-order valence-electron chi connectivity index (χ1n) is 7.42. The number of nitrogens with zero attached hydrogens (tertiary/aromatic N) is 1. The van der Waals surface area contributed by atoms with Gasteiger partial charge in [-0.05, 0) is 24.1 Å². The van der Waals surface area contributed by atoms with Crippen molar-refractivity contribution in [3.8, 4) is 0 Å². The Morgan fingerprint density at radius 3 is 2.57 bits per heavy atom. The van der Waals surface area contributed by atoms with E-state index in [4.69, 9.17) is 5.73 Å². The molecule has 120 valence electrons. The molecule has 0 fully saturated rings. The second-order valence-corrected chi connectivity index (χ2v) is 5.26. The van der Waals surface area contributed by atoms with Gasteiger partial charge in [-0.2, -0.15) is 0 Å². The van der Waals surface area contributed by atoms with Gasteiger partial charge in [0.05, 0.1) is 11.0 Å². The normalized spacial score (nSPS) is 11.7. The zero-order valence-electron chi connectivity index (χ0n) is 12.9. The molecule has 0 saturated carbocycles. The van der Waals surface area contributed by atoms with Crippen molar-refractivity contribution in [1.82, 2.24) is 5.32 Å². The van der Waals surface area contributed by atoms with Crippen LogP contribution in [-0.2, 0) is 0 Å². The highest BCUT2D eigenvalue weighted by atomic mass is 16.6. The van der Waals surface area contributed by atoms with E-state index in [1.807, 2.05) is 37.3 Å². The Morgan fingerprint density at radius 1 is 1.26 bits per heavy atom. The summed E-state index contributed by atoms with van der Waals surface area (Å²) in [6.07, 6.45) is 1.69. The number of amides is 1. The Morgan fingerprint density at radius 2 is 1.96 bits per heavy atom. The average molecular weight is 313 g/mol. The second kappa shape index (κ2) is 7.40. The van der Waals surface area contributed by atoms with E-state index in [0.29, 0.717) is 0 Å². The van der Waals surface area contributed by atoms with Gasteiger partial charge in [-0.25, -0.2) is 0 Å². The van der Waals surface area contributed by atoms with Gasteiger partial charge < -0.3 is 11.1 Å². The van der Waals surface area contributed by atoms with Crippen molar-refractivity contribution in [2.75, 3.05) is 5.73 Å². The molecule has 23 heavy (non-hydrogen) atoms. The van der Waals surface area contributed by atoms with E-state index >= 15 is 0 Å². The number of rotatable bonds is 6. The van der Waals surface area contributed by atoms with Crippen LogP contribution in [0.15, 0.2) is 48.5 Å². The first-order valence-corrected chi connectivity index (χ1v) is 7.42. The van der Waals surface area contributed by atoms with E-state index in [9.17, 15) is 14.9 Å². The van der Waals surface area contributed by atoms with Gasteiger partial charge >= 0.3 is 0 Å². The highest BCUT2D eigenvalue weighted by Gasteiger charge is 2.18. The Labute approximate surface area is 134 Å². The van der Waals surface area contributed by atoms with Crippen molar-refractivity contribution >= 4 is 17.3 Å². The van der Waals surface area contributed by atoms with Crippen molar-refractivity contribution in [3.05, 3.63) is 69.8 Å². The summed E-state index contributed by atoms with van der Waals surface area (Å²) in [7, 11) is 0. The van der Waals surface area contributed by atoms with Gasteiger partial charge in [-0.15, -0.1) is 0 Å². The van der Waals surface area contributed by atoms with Crippen LogP contribution in [0.25, 0.3) is 0 Å². The number of nitrogens with two attached hydrogens (primary N) is 1. The van der Waals surface area contributed by atoms with Gasteiger partial charge in [0.2, 0.25) is 0 Å². The summed E-state index contributed by atoms with van der Waals surface area (Å²) in [4.78, 5) is 22.8. The topological polar surface area (TPSA) is 98.3 Å². The zero-order valence-corrected chi connectivity index (χ0v) is 12.9. The predicted molar refractivity (Wildman–Crippen MR) is 89.1 cm³/mol. The predicted octanol–water partition coefficient (Wildman–Crippen LogP) is 3.45. The summed E-state index contributed by atoms with van der Waals surface area (Å²) in [5.74, 6) is -0.351. The minimum Gasteiger partial charge on any atom is -0.393 e. The molecule has 0 bridgehead atoms. The molecule has 0 heterocycles. The first kappa shape index (κ1) is 16.5. The molecule has 6 heteroatoms. The molecule has 3 N–H and O–H groups in total. The lowest BCUT2D eigenvalue weighted by molar-refractivity contribution is -0.383. The van der Waals surface area contributed by atoms with E-state index in [0.717, 1.165) is 18.4 Å². The van der Waals surface area contributed by atoms with Crippen LogP contribution in [0.3, 0.4) is 0 Å². The van der Waals surface area contributed by atoms with E-state index < -0.39 is 4.92 Å². The maximum absolute atomic E-state index is 12.4. The van der Waals surface area contributed by atoms with Crippen molar-refractivity contribution in [2.24, 2.45) is 0 Å². The van der Waals surface area contributed by atoms with Crippen LogP contribution in [0.4, 0.5) is 11.4 Å². The fourth-order valence-corrected chi connectivity index (χ4v) is 2.38. The Hall–Kier alpha value is -2.89. The van der Waals surface area contributed by atoms with Crippen molar-refractivity contribution < 1.29 is 9.72 Å². The van der Waals surface area contributed by atoms with Crippen LogP contribution in [-0.4, -0.2) is 10.8 Å². The lowest BCUT2D eigenvalue weighted by Crippen LogP contribution is -2.28. The summed E-state index contributed by atoms with van der Waals surface area (Å²) in [5.41, 5.74) is 6.57. The molecule has 1 amide bonds. The van der Waals surface area contributed by atoms with Crippen LogP contribution < -0.4 is 11.1 Å². The minimum absolute atomic E-state index is 0.0414. The highest BCUT2D eigenvalue weighted by molar-refractivity contribution is 5.95. The number of benzene rings is 2. The number of nitrogen functional groups attached to an aromatic ring is 1. The van der Waals surface area contributed by atoms with Crippen LogP contribution >= 0.6 is 0 Å². The third-order valence-electron chi connectivity index (χ3n) is 3.57. The fraction of sp³-hybridized carbons (Fsp3) is 0.235. The molecule has 0 aliphatic heterocycles. The number of nitrogens with one attached hydrogen (secondary N) is 1. The average Bonchev–Trinajstić information content (AvgIpc) is 2.55. The molecular formula is C17H19N3O3. The molecule has 2 rings (SSSR count). The molecule has 0 unspecified atom stereocenters. The monoisotopic (exact) mass is 313 g/mol. The third-order valence-corrected chi connectivity index (χ3v) is 3.57.